The number of rotatable bonds is 5. The molecule has 7 atom stereocenters. The average Bonchev–Trinajstić information content (AvgIpc) is 3.36. The number of aromatic nitrogens is 4. The van der Waals surface area contributed by atoms with E-state index in [1.807, 2.05) is 0 Å². The fraction of sp³-hybridized carbons (Fsp3) is 0.722. The summed E-state index contributed by atoms with van der Waals surface area (Å²) in [5, 5.41) is 21.8. The van der Waals surface area contributed by atoms with Gasteiger partial charge >= 0.3 is 0 Å². The Morgan fingerprint density at radius 1 is 1.11 bits per heavy atom. The van der Waals surface area contributed by atoms with Crippen molar-refractivity contribution in [3.05, 3.63) is 12.7 Å². The molecular formula is C18H25N5O4. The highest BCUT2D eigenvalue weighted by Crippen LogP contribution is 2.77. The fourth-order valence-electron chi connectivity index (χ4n) is 5.29. The highest BCUT2D eigenvalue weighted by atomic mass is 16.7. The first-order chi connectivity index (χ1) is 13.0. The first kappa shape index (κ1) is 17.3. The molecule has 27 heavy (non-hydrogen) atoms. The van der Waals surface area contributed by atoms with Crippen molar-refractivity contribution in [1.29, 1.82) is 0 Å². The van der Waals surface area contributed by atoms with Gasteiger partial charge < -0.3 is 25.4 Å². The first-order valence-corrected chi connectivity index (χ1v) is 9.67. The summed E-state index contributed by atoms with van der Waals surface area (Å²) in [5.74, 6) is 0.345. The minimum absolute atomic E-state index is 0.0793. The number of nitrogen functional groups attached to an aromatic ring is 1. The van der Waals surface area contributed by atoms with E-state index in [1.54, 1.807) is 4.57 Å². The van der Waals surface area contributed by atoms with Crippen LogP contribution in [0, 0.1) is 5.92 Å². The van der Waals surface area contributed by atoms with Crippen LogP contribution in [0.25, 0.3) is 11.2 Å². The Balaban J connectivity index is 1.52. The number of nitrogens with two attached hydrogens (primary N) is 1. The van der Waals surface area contributed by atoms with Gasteiger partial charge in [-0.05, 0) is 12.8 Å². The van der Waals surface area contributed by atoms with Gasteiger partial charge in [-0.2, -0.15) is 0 Å². The lowest BCUT2D eigenvalue weighted by atomic mass is 10.0. The van der Waals surface area contributed by atoms with Crippen LogP contribution in [0.15, 0.2) is 12.7 Å². The van der Waals surface area contributed by atoms with Crippen LogP contribution in [0.4, 0.5) is 5.82 Å². The van der Waals surface area contributed by atoms with E-state index < -0.39 is 29.6 Å². The first-order valence-electron chi connectivity index (χ1n) is 9.67. The number of fused-ring (bicyclic) bond motifs is 2. The number of anilines is 1. The summed E-state index contributed by atoms with van der Waals surface area (Å²) in [6, 6.07) is 0. The molecule has 2 aromatic rings. The molecule has 9 heteroatoms. The number of ether oxygens (including phenoxy) is 2. The highest BCUT2D eigenvalue weighted by molar-refractivity contribution is 5.81. The largest absolute Gasteiger partial charge is 0.387 e. The second kappa shape index (κ2) is 5.60. The van der Waals surface area contributed by atoms with E-state index >= 15 is 0 Å². The van der Waals surface area contributed by atoms with Gasteiger partial charge in [0.05, 0.1) is 12.4 Å². The van der Waals surface area contributed by atoms with Crippen LogP contribution in [-0.4, -0.2) is 59.2 Å². The Bertz CT molecular complexity index is 890. The molecule has 3 unspecified atom stereocenters. The van der Waals surface area contributed by atoms with Crippen molar-refractivity contribution >= 4 is 17.0 Å². The van der Waals surface area contributed by atoms with E-state index in [2.05, 4.69) is 28.8 Å². The topological polar surface area (TPSA) is 132 Å². The smallest absolute Gasteiger partial charge is 0.167 e. The third-order valence-corrected chi connectivity index (χ3v) is 6.48. The van der Waals surface area contributed by atoms with Crippen LogP contribution < -0.4 is 5.73 Å². The summed E-state index contributed by atoms with van der Waals surface area (Å²) >= 11 is 0. The summed E-state index contributed by atoms with van der Waals surface area (Å²) in [5.41, 5.74) is 5.44. The lowest BCUT2D eigenvalue weighted by Gasteiger charge is -2.16. The number of hydrogen-bond donors (Lipinski definition) is 3. The van der Waals surface area contributed by atoms with Crippen molar-refractivity contribution in [2.45, 2.75) is 75.3 Å². The van der Waals surface area contributed by atoms with Crippen LogP contribution in [0.2, 0.25) is 0 Å². The van der Waals surface area contributed by atoms with Gasteiger partial charge in [0.15, 0.2) is 17.7 Å². The van der Waals surface area contributed by atoms with Crippen LogP contribution >= 0.6 is 0 Å². The maximum absolute atomic E-state index is 11.0. The number of imidazole rings is 1. The summed E-state index contributed by atoms with van der Waals surface area (Å²) in [6.07, 6.45) is 3.80. The Morgan fingerprint density at radius 2 is 1.89 bits per heavy atom. The van der Waals surface area contributed by atoms with Crippen molar-refractivity contribution in [2.24, 2.45) is 5.92 Å². The molecule has 4 heterocycles. The van der Waals surface area contributed by atoms with Crippen LogP contribution in [-0.2, 0) is 9.47 Å². The molecule has 1 aliphatic carbocycles. The van der Waals surface area contributed by atoms with Crippen molar-refractivity contribution in [3.8, 4) is 0 Å². The van der Waals surface area contributed by atoms with Crippen molar-refractivity contribution in [3.63, 3.8) is 0 Å². The monoisotopic (exact) mass is 375 g/mol. The standard InChI is InChI=1S/C18H25N5O4/c1-3-5-9-17(10(26-17)6-4-2)18(9)13(25)12(24)16(27-18)23-8-22-11-14(19)20-7-21-15(11)23/h7-10,12-13,16,24-25H,3-6H2,1-2H3,(H2,19,20,21)/t9?,10?,12-,13+,16-,17?,18+/m1/s1. The number of hydrogen-bond acceptors (Lipinski definition) is 8. The molecule has 0 radical (unpaired) electrons. The number of aliphatic hydroxyl groups excluding tert-OH is 2. The van der Waals surface area contributed by atoms with Crippen LogP contribution in [0.1, 0.15) is 45.8 Å². The lowest BCUT2D eigenvalue weighted by molar-refractivity contribution is -0.0622. The molecule has 2 aliphatic heterocycles. The summed E-state index contributed by atoms with van der Waals surface area (Å²) in [4.78, 5) is 12.4. The molecule has 9 nitrogen and oxygen atoms in total. The second-order valence-electron chi connectivity index (χ2n) is 7.85. The van der Waals surface area contributed by atoms with E-state index in [9.17, 15) is 10.2 Å². The molecule has 2 aromatic heterocycles. The zero-order valence-corrected chi connectivity index (χ0v) is 15.4. The molecule has 4 N–H and O–H groups in total. The summed E-state index contributed by atoms with van der Waals surface area (Å²) < 4.78 is 14.1. The van der Waals surface area contributed by atoms with Crippen molar-refractivity contribution < 1.29 is 19.7 Å². The van der Waals surface area contributed by atoms with Gasteiger partial charge in [-0.3, -0.25) is 4.57 Å². The molecule has 5 rings (SSSR count). The maximum atomic E-state index is 11.0. The maximum Gasteiger partial charge on any atom is 0.167 e. The fourth-order valence-corrected chi connectivity index (χ4v) is 5.29. The zero-order valence-electron chi connectivity index (χ0n) is 15.4. The Hall–Kier alpha value is -1.81. The van der Waals surface area contributed by atoms with Gasteiger partial charge in [0.25, 0.3) is 0 Å². The predicted octanol–water partition coefficient (Wildman–Crippen LogP) is 0.765. The molecule has 0 amide bonds. The van der Waals surface area contributed by atoms with Crippen molar-refractivity contribution in [1.82, 2.24) is 19.5 Å². The molecule has 3 aliphatic rings. The molecule has 146 valence electrons. The quantitative estimate of drug-likeness (QED) is 0.653. The van der Waals surface area contributed by atoms with E-state index in [0.717, 1.165) is 25.7 Å². The van der Waals surface area contributed by atoms with E-state index in [-0.39, 0.29) is 17.8 Å². The average molecular weight is 375 g/mol. The predicted molar refractivity (Wildman–Crippen MR) is 95.5 cm³/mol. The number of epoxide rings is 1. The normalized spacial score (nSPS) is 42.4. The SMILES string of the molecule is CCCC1OC12C(CCC)[C@@]21O[C@@H](n2cnc3c(N)ncnc32)[C@H](O)[C@@H]1O. The van der Waals surface area contributed by atoms with Gasteiger partial charge in [-0.1, -0.05) is 26.7 Å². The van der Waals surface area contributed by atoms with Gasteiger partial charge in [0.2, 0.25) is 0 Å². The molecule has 3 fully saturated rings. The highest BCUT2D eigenvalue weighted by Gasteiger charge is 2.94. The van der Waals surface area contributed by atoms with Crippen molar-refractivity contribution in [2.75, 3.05) is 5.73 Å². The lowest BCUT2D eigenvalue weighted by Crippen LogP contribution is -2.36. The van der Waals surface area contributed by atoms with Crippen LogP contribution in [0.5, 0.6) is 0 Å². The molecule has 0 aromatic carbocycles. The molecule has 0 bridgehead atoms. The van der Waals surface area contributed by atoms with Gasteiger partial charge in [-0.15, -0.1) is 0 Å². The summed E-state index contributed by atoms with van der Waals surface area (Å²) in [6.45, 7) is 4.22. The van der Waals surface area contributed by atoms with E-state index in [0.29, 0.717) is 11.2 Å². The minimum Gasteiger partial charge on any atom is -0.387 e. The van der Waals surface area contributed by atoms with Crippen LogP contribution in [0.3, 0.4) is 0 Å². The molecule has 2 saturated heterocycles. The van der Waals surface area contributed by atoms with E-state index in [4.69, 9.17) is 15.2 Å². The van der Waals surface area contributed by atoms with Gasteiger partial charge in [0.1, 0.15) is 35.3 Å². The van der Waals surface area contributed by atoms with E-state index in [1.165, 1.54) is 12.7 Å². The Labute approximate surface area is 156 Å². The second-order valence-corrected chi connectivity index (χ2v) is 7.85. The Morgan fingerprint density at radius 3 is 2.63 bits per heavy atom. The molecule has 1 saturated carbocycles. The van der Waals surface area contributed by atoms with Gasteiger partial charge in [-0.25, -0.2) is 15.0 Å². The number of aliphatic hydroxyl groups is 2. The zero-order chi connectivity index (χ0) is 19.0. The van der Waals surface area contributed by atoms with Gasteiger partial charge in [0, 0.05) is 5.92 Å². The third kappa shape index (κ3) is 1.95. The molecular weight excluding hydrogens is 350 g/mol. The Kier molecular flexibility index (Phi) is 3.59. The number of nitrogens with zero attached hydrogens (tertiary/aromatic N) is 4. The third-order valence-electron chi connectivity index (χ3n) is 6.48. The minimum atomic E-state index is -1.11. The molecule has 2 spiro atoms. The summed E-state index contributed by atoms with van der Waals surface area (Å²) in [7, 11) is 0.